The molecule has 130 valence electrons. The van der Waals surface area contributed by atoms with E-state index >= 15 is 0 Å². The fourth-order valence-electron chi connectivity index (χ4n) is 4.78. The van der Waals surface area contributed by atoms with Gasteiger partial charge in [0.1, 0.15) is 0 Å². The molecule has 0 aromatic heterocycles. The van der Waals surface area contributed by atoms with Crippen molar-refractivity contribution in [1.82, 2.24) is 9.21 Å². The molecule has 1 aromatic carbocycles. The molecular formula is C18H24N2O3S. The molecule has 0 N–H and O–H groups in total. The van der Waals surface area contributed by atoms with Gasteiger partial charge in [-0.25, -0.2) is 8.42 Å². The third-order valence-electron chi connectivity index (χ3n) is 5.88. The molecule has 3 heterocycles. The summed E-state index contributed by atoms with van der Waals surface area (Å²) in [7, 11) is -3.28. The van der Waals surface area contributed by atoms with Crippen LogP contribution in [0.4, 0.5) is 0 Å². The molecule has 24 heavy (non-hydrogen) atoms. The van der Waals surface area contributed by atoms with Crippen LogP contribution in [0.1, 0.15) is 42.0 Å². The van der Waals surface area contributed by atoms with Gasteiger partial charge in [0.15, 0.2) is 0 Å². The van der Waals surface area contributed by atoms with Crippen molar-refractivity contribution in [3.63, 3.8) is 0 Å². The summed E-state index contributed by atoms with van der Waals surface area (Å²) in [6, 6.07) is 6.28. The molecule has 4 rings (SSSR count). The monoisotopic (exact) mass is 348 g/mol. The zero-order valence-corrected chi connectivity index (χ0v) is 15.1. The van der Waals surface area contributed by atoms with Crippen LogP contribution in [0.5, 0.6) is 0 Å². The molecule has 2 fully saturated rings. The van der Waals surface area contributed by atoms with Gasteiger partial charge in [-0.1, -0.05) is 23.8 Å². The topological polar surface area (TPSA) is 57.7 Å². The Morgan fingerprint density at radius 2 is 2.00 bits per heavy atom. The van der Waals surface area contributed by atoms with Crippen molar-refractivity contribution >= 4 is 15.9 Å². The number of sulfonamides is 1. The number of benzene rings is 1. The van der Waals surface area contributed by atoms with Gasteiger partial charge in [-0.15, -0.1) is 0 Å². The summed E-state index contributed by atoms with van der Waals surface area (Å²) in [5, 5.41) is 0. The second kappa shape index (κ2) is 5.56. The number of amides is 1. The number of hydrogen-bond acceptors (Lipinski definition) is 3. The summed E-state index contributed by atoms with van der Waals surface area (Å²) in [5.41, 5.74) is 3.70. The minimum Gasteiger partial charge on any atom is -0.335 e. The predicted molar refractivity (Wildman–Crippen MR) is 92.0 cm³/mol. The second-order valence-electron chi connectivity index (χ2n) is 7.43. The number of hydrogen-bond donors (Lipinski definition) is 0. The van der Waals surface area contributed by atoms with Crippen LogP contribution in [0.2, 0.25) is 0 Å². The number of nitrogens with zero attached hydrogens (tertiary/aromatic N) is 2. The van der Waals surface area contributed by atoms with Gasteiger partial charge in [-0.05, 0) is 43.7 Å². The smallest absolute Gasteiger partial charge is 0.227 e. The Kier molecular flexibility index (Phi) is 3.73. The summed E-state index contributed by atoms with van der Waals surface area (Å²) in [6.07, 6.45) is 4.46. The van der Waals surface area contributed by atoms with Crippen LogP contribution < -0.4 is 0 Å². The van der Waals surface area contributed by atoms with Gasteiger partial charge in [0.05, 0.1) is 18.2 Å². The summed E-state index contributed by atoms with van der Waals surface area (Å²) in [6.45, 7) is 3.36. The van der Waals surface area contributed by atoms with Crippen LogP contribution in [0, 0.1) is 12.8 Å². The Labute approximate surface area is 143 Å². The normalized spacial score (nSPS) is 30.5. The van der Waals surface area contributed by atoms with Gasteiger partial charge in [0.2, 0.25) is 15.9 Å². The Bertz CT molecular complexity index is 789. The van der Waals surface area contributed by atoms with Crippen molar-refractivity contribution in [3.05, 3.63) is 34.9 Å². The van der Waals surface area contributed by atoms with Gasteiger partial charge in [-0.2, -0.15) is 4.31 Å². The number of piperidine rings is 2. The van der Waals surface area contributed by atoms with Crippen molar-refractivity contribution in [2.45, 2.75) is 44.7 Å². The first-order valence-electron chi connectivity index (χ1n) is 8.73. The Hall–Kier alpha value is -1.40. The van der Waals surface area contributed by atoms with Crippen molar-refractivity contribution in [1.29, 1.82) is 0 Å². The lowest BCUT2D eigenvalue weighted by Gasteiger charge is -2.50. The lowest BCUT2D eigenvalue weighted by molar-refractivity contribution is -0.147. The maximum atomic E-state index is 13.1. The van der Waals surface area contributed by atoms with Crippen LogP contribution >= 0.6 is 0 Å². The summed E-state index contributed by atoms with van der Waals surface area (Å²) in [5.74, 6) is -0.0205. The molecule has 0 saturated carbocycles. The highest BCUT2D eigenvalue weighted by molar-refractivity contribution is 7.88. The van der Waals surface area contributed by atoms with Crippen LogP contribution in [0.25, 0.3) is 0 Å². The van der Waals surface area contributed by atoms with Crippen LogP contribution in [-0.2, 0) is 21.2 Å². The molecule has 5 nitrogen and oxygen atoms in total. The minimum atomic E-state index is -3.28. The molecule has 0 spiro atoms. The van der Waals surface area contributed by atoms with E-state index in [0.717, 1.165) is 32.2 Å². The Balaban J connectivity index is 1.75. The summed E-state index contributed by atoms with van der Waals surface area (Å²) >= 11 is 0. The number of carbonyl (C=O) groups is 1. The molecule has 1 amide bonds. The van der Waals surface area contributed by atoms with E-state index in [1.165, 1.54) is 22.9 Å². The van der Waals surface area contributed by atoms with E-state index in [-0.39, 0.29) is 23.9 Å². The maximum absolute atomic E-state index is 13.1. The van der Waals surface area contributed by atoms with Crippen molar-refractivity contribution in [2.75, 3.05) is 19.3 Å². The molecule has 3 aliphatic heterocycles. The molecule has 0 aliphatic carbocycles. The molecule has 0 radical (unpaired) electrons. The summed E-state index contributed by atoms with van der Waals surface area (Å²) in [4.78, 5) is 15.1. The van der Waals surface area contributed by atoms with Gasteiger partial charge < -0.3 is 4.90 Å². The first kappa shape index (κ1) is 16.1. The van der Waals surface area contributed by atoms with Gasteiger partial charge >= 0.3 is 0 Å². The number of rotatable bonds is 1. The Morgan fingerprint density at radius 3 is 2.75 bits per heavy atom. The van der Waals surface area contributed by atoms with E-state index in [9.17, 15) is 13.2 Å². The average Bonchev–Trinajstić information content (AvgIpc) is 2.53. The van der Waals surface area contributed by atoms with E-state index in [4.69, 9.17) is 0 Å². The van der Waals surface area contributed by atoms with Crippen molar-refractivity contribution in [3.8, 4) is 0 Å². The third kappa shape index (κ3) is 2.47. The molecule has 2 saturated heterocycles. The van der Waals surface area contributed by atoms with Crippen molar-refractivity contribution < 1.29 is 13.2 Å². The molecule has 0 bridgehead atoms. The Morgan fingerprint density at radius 1 is 1.21 bits per heavy atom. The van der Waals surface area contributed by atoms with Crippen LogP contribution in [0.15, 0.2) is 18.2 Å². The standard InChI is InChI=1S/C18H24N2O3S/c1-12-5-6-13-7-9-19-16(15(13)10-12)11-17-14(18(19)21)4-3-8-20(17)24(2,22)23/h5-6,10,14,16-17H,3-4,7-9,11H2,1-2H3. The minimum absolute atomic E-state index is 0.0183. The first-order valence-corrected chi connectivity index (χ1v) is 10.6. The lowest BCUT2D eigenvalue weighted by Crippen LogP contribution is -2.59. The predicted octanol–water partition coefficient (Wildman–Crippen LogP) is 1.86. The van der Waals surface area contributed by atoms with Gasteiger partial charge in [-0.3, -0.25) is 4.79 Å². The zero-order valence-electron chi connectivity index (χ0n) is 14.2. The highest BCUT2D eigenvalue weighted by atomic mass is 32.2. The molecule has 1 aromatic rings. The number of aryl methyl sites for hydroxylation is 1. The van der Waals surface area contributed by atoms with E-state index in [2.05, 4.69) is 25.1 Å². The largest absolute Gasteiger partial charge is 0.335 e. The highest BCUT2D eigenvalue weighted by Gasteiger charge is 2.49. The fourth-order valence-corrected chi connectivity index (χ4v) is 5.97. The molecule has 3 atom stereocenters. The van der Waals surface area contributed by atoms with E-state index in [1.807, 2.05) is 4.90 Å². The zero-order chi connectivity index (χ0) is 17.1. The third-order valence-corrected chi connectivity index (χ3v) is 7.18. The molecular weight excluding hydrogens is 324 g/mol. The SMILES string of the molecule is Cc1ccc2c(c1)C1CC3C(CCCN3S(C)(=O)=O)C(=O)N1CC2. The quantitative estimate of drug-likeness (QED) is 0.778. The average molecular weight is 348 g/mol. The van der Waals surface area contributed by atoms with Gasteiger partial charge in [0, 0.05) is 19.1 Å². The van der Waals surface area contributed by atoms with Crippen molar-refractivity contribution in [2.24, 2.45) is 5.92 Å². The van der Waals surface area contributed by atoms with Gasteiger partial charge in [0.25, 0.3) is 0 Å². The van der Waals surface area contributed by atoms with Crippen LogP contribution in [0.3, 0.4) is 0 Å². The maximum Gasteiger partial charge on any atom is 0.227 e. The molecule has 3 aliphatic rings. The molecule has 6 heteroatoms. The second-order valence-corrected chi connectivity index (χ2v) is 9.36. The lowest BCUT2D eigenvalue weighted by atomic mass is 9.77. The van der Waals surface area contributed by atoms with E-state index in [0.29, 0.717) is 6.54 Å². The highest BCUT2D eigenvalue weighted by Crippen LogP contribution is 2.44. The number of carbonyl (C=O) groups excluding carboxylic acids is 1. The fraction of sp³-hybridized carbons (Fsp3) is 0.611. The summed E-state index contributed by atoms with van der Waals surface area (Å²) < 4.78 is 26.0. The first-order chi connectivity index (χ1) is 11.4. The number of fused-ring (bicyclic) bond motifs is 4. The van der Waals surface area contributed by atoms with E-state index < -0.39 is 10.0 Å². The molecule has 3 unspecified atom stereocenters. The van der Waals surface area contributed by atoms with E-state index in [1.54, 1.807) is 4.31 Å². The van der Waals surface area contributed by atoms with Crippen LogP contribution in [-0.4, -0.2) is 48.9 Å².